The molecule has 3 nitrogen and oxygen atoms in total. The topological polar surface area (TPSA) is 35.5 Å². The molecule has 0 aliphatic heterocycles. The highest BCUT2D eigenvalue weighted by Gasteiger charge is 2.88. The molecule has 232 valence electrons. The molecule has 0 unspecified atom stereocenters. The van der Waals surface area contributed by atoms with Gasteiger partial charge in [-0.15, -0.1) is 0 Å². The first-order valence-electron chi connectivity index (χ1n) is 15.4. The zero-order chi connectivity index (χ0) is 31.7. The van der Waals surface area contributed by atoms with Gasteiger partial charge in [0.2, 0.25) is 0 Å². The Morgan fingerprint density at radius 3 is 1.13 bits per heavy atom. The third kappa shape index (κ3) is 5.91. The summed E-state index contributed by atoms with van der Waals surface area (Å²) in [4.78, 5) is 9.96. The van der Waals surface area contributed by atoms with Crippen molar-refractivity contribution in [1.82, 2.24) is 0 Å². The van der Waals surface area contributed by atoms with Crippen LogP contribution in [0.5, 0.6) is 0 Å². The van der Waals surface area contributed by atoms with Crippen LogP contribution in [-0.4, -0.2) is 25.8 Å². The van der Waals surface area contributed by atoms with Crippen LogP contribution < -0.4 is 0 Å². The molecule has 0 aromatic heterocycles. The number of hydrogen-bond acceptors (Lipinski definition) is 3. The molecule has 2 fully saturated rings. The van der Waals surface area contributed by atoms with Crippen LogP contribution in [0.4, 0.5) is 0 Å². The van der Waals surface area contributed by atoms with E-state index in [4.69, 9.17) is 4.74 Å². The average Bonchev–Trinajstić information content (AvgIpc) is 2.91. The van der Waals surface area contributed by atoms with Crippen molar-refractivity contribution in [3.8, 4) is 0 Å². The Morgan fingerprint density at radius 2 is 1.03 bits per heavy atom. The van der Waals surface area contributed by atoms with Crippen LogP contribution in [0.2, 0.25) is 0 Å². The lowest BCUT2D eigenvalue weighted by Crippen LogP contribution is -2.61. The summed E-state index contributed by atoms with van der Waals surface area (Å²) < 4.78 is 9.20. The second-order valence-electron chi connectivity index (χ2n) is 16.9. The molecule has 3 rings (SSSR count). The zero-order valence-electron chi connectivity index (χ0n) is 30.2. The van der Waals surface area contributed by atoms with Crippen LogP contribution in [-0.2, 0) is 14.3 Å². The molecule has 39 heavy (non-hydrogen) atoms. The van der Waals surface area contributed by atoms with Gasteiger partial charge < -0.3 is 9.47 Å². The quantitative estimate of drug-likeness (QED) is 0.240. The van der Waals surface area contributed by atoms with Gasteiger partial charge in [-0.25, -0.2) is 0 Å². The molecule has 0 heterocycles. The second-order valence-corrected chi connectivity index (χ2v) is 16.9. The highest BCUT2D eigenvalue weighted by molar-refractivity contribution is 5.68. The minimum atomic E-state index is -0.157. The van der Waals surface area contributed by atoms with Crippen LogP contribution >= 0.6 is 0 Å². The normalized spacial score (nSPS) is 31.4. The van der Waals surface area contributed by atoms with Crippen molar-refractivity contribution < 1.29 is 14.3 Å². The number of rotatable bonds is 1. The number of fused-ring (bicyclic) bond motifs is 2. The number of carbonyl (C=O) groups is 1. The fraction of sp³-hybridized carbons (Fsp3) is 0.917. The molecule has 0 saturated heterocycles. The fourth-order valence-corrected chi connectivity index (χ4v) is 8.99. The summed E-state index contributed by atoms with van der Waals surface area (Å²) in [6.07, 6.45) is 9.13. The van der Waals surface area contributed by atoms with Crippen molar-refractivity contribution in [2.75, 3.05) is 14.2 Å². The Morgan fingerprint density at radius 1 is 0.692 bits per heavy atom. The van der Waals surface area contributed by atoms with Crippen molar-refractivity contribution in [3.63, 3.8) is 0 Å². The van der Waals surface area contributed by atoms with Crippen LogP contribution in [0, 0.1) is 43.3 Å². The number of carbonyl (C=O) groups excluding carboxylic acids is 1. The smallest absolute Gasteiger partial charge is 0.305 e. The van der Waals surface area contributed by atoms with E-state index in [0.717, 1.165) is 0 Å². The first kappa shape index (κ1) is 38.2. The van der Waals surface area contributed by atoms with Crippen LogP contribution in [0.25, 0.3) is 0 Å². The summed E-state index contributed by atoms with van der Waals surface area (Å²) in [5, 5.41) is 0. The van der Waals surface area contributed by atoms with Crippen molar-refractivity contribution in [2.45, 2.75) is 156 Å². The van der Waals surface area contributed by atoms with E-state index in [2.05, 4.69) is 114 Å². The van der Waals surface area contributed by atoms with Crippen molar-refractivity contribution in [2.24, 2.45) is 43.3 Å². The van der Waals surface area contributed by atoms with Gasteiger partial charge in [-0.05, 0) is 83.4 Å². The Kier molecular flexibility index (Phi) is 11.6. The first-order chi connectivity index (χ1) is 17.1. The highest BCUT2D eigenvalue weighted by Crippen LogP contribution is 2.94. The molecule has 0 atom stereocenters. The minimum Gasteiger partial charge on any atom is -0.469 e. The van der Waals surface area contributed by atoms with Gasteiger partial charge in [0.15, 0.2) is 0 Å². The van der Waals surface area contributed by atoms with E-state index in [-0.39, 0.29) is 11.6 Å². The SMILES string of the molecule is CC1(C)C(C)(C)C2(C)C(C)(C)C(C)(C)C1(C)C2(C)C.CC1(C)C=CCCC1.CCC(=O)OC.COC(C)(C)C. The van der Waals surface area contributed by atoms with Gasteiger partial charge in [0.1, 0.15) is 0 Å². The van der Waals surface area contributed by atoms with E-state index in [1.807, 2.05) is 20.8 Å². The molecule has 2 bridgehead atoms. The third-order valence-corrected chi connectivity index (χ3v) is 13.5. The van der Waals surface area contributed by atoms with Gasteiger partial charge >= 0.3 is 5.97 Å². The molecule has 0 amide bonds. The lowest BCUT2D eigenvalue weighted by atomic mass is 9.37. The number of esters is 1. The van der Waals surface area contributed by atoms with Crippen LogP contribution in [0.1, 0.15) is 150 Å². The van der Waals surface area contributed by atoms with E-state index in [1.54, 1.807) is 14.0 Å². The third-order valence-electron chi connectivity index (χ3n) is 13.5. The van der Waals surface area contributed by atoms with Gasteiger partial charge in [-0.2, -0.15) is 0 Å². The number of ether oxygens (including phenoxy) is 2. The van der Waals surface area contributed by atoms with Crippen molar-refractivity contribution in [3.05, 3.63) is 12.2 Å². The van der Waals surface area contributed by atoms with Crippen LogP contribution in [0.3, 0.4) is 0 Å². The first-order valence-corrected chi connectivity index (χ1v) is 15.4. The molecule has 3 aliphatic carbocycles. The molecule has 0 aromatic carbocycles. The Hall–Kier alpha value is -0.830. The standard InChI is InChI=1S/C19H36.C8H14.C5H12O.C4H8O2/c1-13(2)14(3,4)19(12)16(7,8)15(5,6)18(13,11)17(19,9)10;1-8(2)6-4-3-5-7-8;1-5(2,3)6-4;1-3-4(5)6-2/h1-12H3;4,6H,3,5,7H2,1-2H3;1-4H3;3H2,1-2H3. The largest absolute Gasteiger partial charge is 0.469 e. The van der Waals surface area contributed by atoms with Gasteiger partial charge in [0.05, 0.1) is 12.7 Å². The summed E-state index contributed by atoms with van der Waals surface area (Å²) >= 11 is 0. The van der Waals surface area contributed by atoms with Gasteiger partial charge in [-0.3, -0.25) is 4.79 Å². The fourth-order valence-electron chi connectivity index (χ4n) is 8.99. The Bertz CT molecular complexity index is 769. The highest BCUT2D eigenvalue weighted by atomic mass is 16.5. The molecule has 0 N–H and O–H groups in total. The number of allylic oxidation sites excluding steroid dienone is 2. The maximum Gasteiger partial charge on any atom is 0.305 e. The zero-order valence-corrected chi connectivity index (χ0v) is 30.2. The van der Waals surface area contributed by atoms with E-state index < -0.39 is 0 Å². The maximum atomic E-state index is 9.96. The van der Waals surface area contributed by atoms with Gasteiger partial charge in [0, 0.05) is 13.5 Å². The van der Waals surface area contributed by atoms with E-state index in [1.165, 1.54) is 26.4 Å². The number of methoxy groups -OCH3 is 2. The molecule has 3 aliphatic rings. The van der Waals surface area contributed by atoms with E-state index >= 15 is 0 Å². The molecular formula is C36H70O3. The van der Waals surface area contributed by atoms with Crippen molar-refractivity contribution >= 4 is 5.97 Å². The predicted molar refractivity (Wildman–Crippen MR) is 171 cm³/mol. The molecule has 3 heteroatoms. The molecule has 0 radical (unpaired) electrons. The summed E-state index contributed by atoms with van der Waals surface area (Å²) in [5.74, 6) is -0.157. The molecular weight excluding hydrogens is 480 g/mol. The van der Waals surface area contributed by atoms with Crippen LogP contribution in [0.15, 0.2) is 12.2 Å². The molecule has 2 saturated carbocycles. The lowest BCUT2D eigenvalue weighted by molar-refractivity contribution is -0.193. The monoisotopic (exact) mass is 551 g/mol. The summed E-state index contributed by atoms with van der Waals surface area (Å²) in [7, 11) is 3.09. The van der Waals surface area contributed by atoms with Crippen molar-refractivity contribution in [1.29, 1.82) is 0 Å². The maximum absolute atomic E-state index is 9.96. The predicted octanol–water partition coefficient (Wildman–Crippen LogP) is 10.9. The average molecular weight is 551 g/mol. The summed E-state index contributed by atoms with van der Waals surface area (Å²) in [6, 6.07) is 0. The Labute approximate surface area is 245 Å². The molecule has 0 aromatic rings. The van der Waals surface area contributed by atoms with E-state index in [0.29, 0.717) is 49.7 Å². The van der Waals surface area contributed by atoms with E-state index in [9.17, 15) is 4.79 Å². The van der Waals surface area contributed by atoms with Gasteiger partial charge in [0.25, 0.3) is 0 Å². The summed E-state index contributed by atoms with van der Waals surface area (Å²) in [6.45, 7) is 42.8. The minimum absolute atomic E-state index is 0.0417. The second kappa shape index (κ2) is 11.8. The Balaban J connectivity index is 0.000000593. The van der Waals surface area contributed by atoms with Gasteiger partial charge in [-0.1, -0.05) is 116 Å². The summed E-state index contributed by atoms with van der Waals surface area (Å²) in [5.41, 5.74) is 2.85. The molecule has 0 spiro atoms. The lowest BCUT2D eigenvalue weighted by Gasteiger charge is -2.67. The number of hydrogen-bond donors (Lipinski definition) is 0.